The number of nitrogens with one attached hydrogen (secondary N) is 1. The van der Waals surface area contributed by atoms with Crippen molar-refractivity contribution in [1.82, 2.24) is 15.1 Å². The maximum Gasteiger partial charge on any atom is 0.254 e. The van der Waals surface area contributed by atoms with Gasteiger partial charge in [0.15, 0.2) is 0 Å². The number of hydrogen-bond acceptors (Lipinski definition) is 4. The Labute approximate surface area is 192 Å². The van der Waals surface area contributed by atoms with Gasteiger partial charge in [-0.1, -0.05) is 32.6 Å². The van der Waals surface area contributed by atoms with Crippen molar-refractivity contribution >= 4 is 17.7 Å². The summed E-state index contributed by atoms with van der Waals surface area (Å²) in [5.41, 5.74) is -1.11. The molecular formula is C25H41N3O4. The lowest BCUT2D eigenvalue weighted by Gasteiger charge is -2.37. The Balaban J connectivity index is 1.16. The molecule has 0 aromatic heterocycles. The minimum Gasteiger partial charge on any atom is -0.380 e. The SMILES string of the molecule is CCC(CCCC1CCCC(NC(=O)C2CC2)C1)C(=O)N1CCN(C(=O)C2(O)CC2)CC1. The first-order valence-corrected chi connectivity index (χ1v) is 13.0. The maximum atomic E-state index is 13.1. The smallest absolute Gasteiger partial charge is 0.254 e. The first-order chi connectivity index (χ1) is 15.4. The standard InChI is InChI=1S/C25H41N3O4/c1-2-19(23(30)27-13-15-28(16-14-27)24(31)25(32)11-12-25)7-3-5-18-6-4-8-21(17-18)26-22(29)20-9-10-20/h18-21,32H,2-17H2,1H3,(H,26,29). The average molecular weight is 448 g/mol. The first kappa shape index (κ1) is 23.5. The number of aliphatic hydroxyl groups is 1. The molecule has 4 rings (SSSR count). The Morgan fingerprint density at radius 1 is 1.03 bits per heavy atom. The Morgan fingerprint density at radius 2 is 1.72 bits per heavy atom. The summed E-state index contributed by atoms with van der Waals surface area (Å²) in [6.45, 7) is 4.29. The molecule has 3 aliphatic carbocycles. The van der Waals surface area contributed by atoms with E-state index in [4.69, 9.17) is 0 Å². The van der Waals surface area contributed by atoms with Gasteiger partial charge in [-0.15, -0.1) is 0 Å². The van der Waals surface area contributed by atoms with Crippen LogP contribution in [0.1, 0.15) is 84.0 Å². The quantitative estimate of drug-likeness (QED) is 0.568. The van der Waals surface area contributed by atoms with Crippen LogP contribution >= 0.6 is 0 Å². The van der Waals surface area contributed by atoms with Gasteiger partial charge < -0.3 is 20.2 Å². The van der Waals surface area contributed by atoms with Crippen molar-refractivity contribution < 1.29 is 19.5 Å². The lowest BCUT2D eigenvalue weighted by atomic mass is 9.82. The number of amides is 3. The minimum absolute atomic E-state index is 0.0545. The van der Waals surface area contributed by atoms with Gasteiger partial charge in [0.2, 0.25) is 11.8 Å². The van der Waals surface area contributed by atoms with Crippen LogP contribution in [-0.2, 0) is 14.4 Å². The highest BCUT2D eigenvalue weighted by atomic mass is 16.3. The second-order valence-corrected chi connectivity index (χ2v) is 10.7. The number of rotatable bonds is 9. The third-order valence-electron chi connectivity index (χ3n) is 8.08. The van der Waals surface area contributed by atoms with E-state index in [-0.39, 0.29) is 29.6 Å². The molecule has 7 heteroatoms. The van der Waals surface area contributed by atoms with Gasteiger partial charge in [-0.3, -0.25) is 14.4 Å². The van der Waals surface area contributed by atoms with Crippen molar-refractivity contribution in [2.24, 2.45) is 17.8 Å². The number of nitrogens with zero attached hydrogens (tertiary/aromatic N) is 2. The lowest BCUT2D eigenvalue weighted by molar-refractivity contribution is -0.148. The van der Waals surface area contributed by atoms with Gasteiger partial charge in [0.05, 0.1) is 0 Å². The summed E-state index contributed by atoms with van der Waals surface area (Å²) in [7, 11) is 0. The Kier molecular flexibility index (Phi) is 7.43. The molecule has 0 spiro atoms. The van der Waals surface area contributed by atoms with Crippen molar-refractivity contribution in [2.45, 2.75) is 95.6 Å². The summed E-state index contributed by atoms with van der Waals surface area (Å²) >= 11 is 0. The highest BCUT2D eigenvalue weighted by Crippen LogP contribution is 2.37. The maximum absolute atomic E-state index is 13.1. The molecular weight excluding hydrogens is 406 g/mol. The molecule has 0 radical (unpaired) electrons. The fourth-order valence-corrected chi connectivity index (χ4v) is 5.52. The number of carbonyl (C=O) groups excluding carboxylic acids is 3. The van der Waals surface area contributed by atoms with E-state index in [1.165, 1.54) is 12.8 Å². The Morgan fingerprint density at radius 3 is 2.34 bits per heavy atom. The van der Waals surface area contributed by atoms with Crippen molar-refractivity contribution in [2.75, 3.05) is 26.2 Å². The van der Waals surface area contributed by atoms with Gasteiger partial charge in [-0.05, 0) is 57.3 Å². The van der Waals surface area contributed by atoms with E-state index in [1.54, 1.807) is 4.90 Å². The van der Waals surface area contributed by atoms with E-state index in [0.717, 1.165) is 51.4 Å². The first-order valence-electron chi connectivity index (χ1n) is 13.0. The van der Waals surface area contributed by atoms with Crippen LogP contribution in [0.2, 0.25) is 0 Å². The van der Waals surface area contributed by atoms with E-state index in [2.05, 4.69) is 12.2 Å². The molecule has 1 aliphatic heterocycles. The molecule has 7 nitrogen and oxygen atoms in total. The number of piperazine rings is 1. The zero-order valence-electron chi connectivity index (χ0n) is 19.7. The van der Waals surface area contributed by atoms with E-state index in [0.29, 0.717) is 51.0 Å². The molecule has 4 fully saturated rings. The molecule has 0 aromatic rings. The van der Waals surface area contributed by atoms with E-state index >= 15 is 0 Å². The summed E-state index contributed by atoms with van der Waals surface area (Å²) in [5.74, 6) is 1.33. The number of hydrogen-bond donors (Lipinski definition) is 2. The van der Waals surface area contributed by atoms with Crippen LogP contribution in [0.4, 0.5) is 0 Å². The Hall–Kier alpha value is -1.63. The van der Waals surface area contributed by atoms with Crippen molar-refractivity contribution in [3.63, 3.8) is 0 Å². The third-order valence-corrected chi connectivity index (χ3v) is 8.08. The van der Waals surface area contributed by atoms with E-state index in [1.807, 2.05) is 4.90 Å². The molecule has 3 amide bonds. The van der Waals surface area contributed by atoms with Crippen molar-refractivity contribution in [1.29, 1.82) is 0 Å². The molecule has 3 atom stereocenters. The molecule has 3 saturated carbocycles. The second-order valence-electron chi connectivity index (χ2n) is 10.7. The topological polar surface area (TPSA) is 90.0 Å². The highest BCUT2D eigenvalue weighted by molar-refractivity contribution is 5.88. The normalized spacial score (nSPS) is 28.2. The highest BCUT2D eigenvalue weighted by Gasteiger charge is 2.50. The summed E-state index contributed by atoms with van der Waals surface area (Å²) in [6, 6.07) is 0.346. The van der Waals surface area contributed by atoms with Crippen molar-refractivity contribution in [3.8, 4) is 0 Å². The fraction of sp³-hybridized carbons (Fsp3) is 0.880. The zero-order valence-corrected chi connectivity index (χ0v) is 19.7. The molecule has 0 aromatic carbocycles. The monoisotopic (exact) mass is 447 g/mol. The second kappa shape index (κ2) is 10.1. The van der Waals surface area contributed by atoms with Gasteiger partial charge in [-0.2, -0.15) is 0 Å². The summed E-state index contributed by atoms with van der Waals surface area (Å²) in [6.07, 6.45) is 11.8. The zero-order chi connectivity index (χ0) is 22.7. The van der Waals surface area contributed by atoms with Crippen molar-refractivity contribution in [3.05, 3.63) is 0 Å². The van der Waals surface area contributed by atoms with Crippen LogP contribution < -0.4 is 5.32 Å². The minimum atomic E-state index is -1.11. The van der Waals surface area contributed by atoms with Gasteiger partial charge >= 0.3 is 0 Å². The van der Waals surface area contributed by atoms with Gasteiger partial charge in [-0.25, -0.2) is 0 Å². The van der Waals surface area contributed by atoms with Crippen LogP contribution in [0.15, 0.2) is 0 Å². The third kappa shape index (κ3) is 5.83. The average Bonchev–Trinajstić information content (AvgIpc) is 3.73. The molecule has 32 heavy (non-hydrogen) atoms. The van der Waals surface area contributed by atoms with Gasteiger partial charge in [0, 0.05) is 44.1 Å². The molecule has 1 heterocycles. The lowest BCUT2D eigenvalue weighted by Crippen LogP contribution is -2.54. The predicted octanol–water partition coefficient (Wildman–Crippen LogP) is 2.46. The molecule has 4 aliphatic rings. The summed E-state index contributed by atoms with van der Waals surface area (Å²) < 4.78 is 0. The molecule has 1 saturated heterocycles. The molecule has 3 unspecified atom stereocenters. The van der Waals surface area contributed by atoms with E-state index < -0.39 is 5.60 Å². The molecule has 180 valence electrons. The van der Waals surface area contributed by atoms with Crippen LogP contribution in [0.5, 0.6) is 0 Å². The molecule has 2 N–H and O–H groups in total. The van der Waals surface area contributed by atoms with E-state index in [9.17, 15) is 19.5 Å². The van der Waals surface area contributed by atoms with Gasteiger partial charge in [0.25, 0.3) is 5.91 Å². The van der Waals surface area contributed by atoms with Crippen LogP contribution in [-0.4, -0.2) is 70.4 Å². The summed E-state index contributed by atoms with van der Waals surface area (Å²) in [5, 5.41) is 13.3. The molecule has 0 bridgehead atoms. The van der Waals surface area contributed by atoms with Crippen LogP contribution in [0.3, 0.4) is 0 Å². The van der Waals surface area contributed by atoms with Crippen LogP contribution in [0.25, 0.3) is 0 Å². The number of carbonyl (C=O) groups is 3. The Bertz CT molecular complexity index is 695. The summed E-state index contributed by atoms with van der Waals surface area (Å²) in [4.78, 5) is 41.1. The largest absolute Gasteiger partial charge is 0.380 e. The van der Waals surface area contributed by atoms with Gasteiger partial charge in [0.1, 0.15) is 5.60 Å². The fourth-order valence-electron chi connectivity index (χ4n) is 5.52. The predicted molar refractivity (Wildman–Crippen MR) is 122 cm³/mol. The van der Waals surface area contributed by atoms with Crippen LogP contribution in [0, 0.1) is 17.8 Å².